The van der Waals surface area contributed by atoms with E-state index in [2.05, 4.69) is 20.5 Å². The molecule has 8 nitrogen and oxygen atoms in total. The topological polar surface area (TPSA) is 86.9 Å². The smallest absolute Gasteiger partial charge is 0.338 e. The van der Waals surface area contributed by atoms with E-state index in [1.165, 1.54) is 13.4 Å². The summed E-state index contributed by atoms with van der Waals surface area (Å²) in [6.07, 6.45) is 4.99. The molecule has 104 valence electrons. The van der Waals surface area contributed by atoms with Gasteiger partial charge in [-0.25, -0.2) is 9.48 Å². The molecule has 1 unspecified atom stereocenters. The van der Waals surface area contributed by atoms with Gasteiger partial charge in [-0.1, -0.05) is 0 Å². The van der Waals surface area contributed by atoms with Crippen LogP contribution in [0.25, 0.3) is 0 Å². The van der Waals surface area contributed by atoms with Crippen molar-refractivity contribution in [1.29, 1.82) is 0 Å². The number of fused-ring (bicyclic) bond motifs is 1. The van der Waals surface area contributed by atoms with Crippen LogP contribution in [0.15, 0.2) is 30.0 Å². The maximum atomic E-state index is 12.1. The van der Waals surface area contributed by atoms with Crippen LogP contribution >= 0.6 is 0 Å². The van der Waals surface area contributed by atoms with Crippen molar-refractivity contribution in [2.75, 3.05) is 12.4 Å². The zero-order chi connectivity index (χ0) is 14.3. The molecule has 1 atom stereocenters. The summed E-state index contributed by atoms with van der Waals surface area (Å²) < 4.78 is 8.21. The van der Waals surface area contributed by atoms with E-state index in [1.807, 2.05) is 20.2 Å². The summed E-state index contributed by atoms with van der Waals surface area (Å²) in [7, 11) is 3.18. The maximum absolute atomic E-state index is 12.1. The van der Waals surface area contributed by atoms with Gasteiger partial charge >= 0.3 is 5.97 Å². The number of nitrogens with one attached hydrogen (secondary N) is 1. The van der Waals surface area contributed by atoms with Crippen LogP contribution < -0.4 is 5.32 Å². The van der Waals surface area contributed by atoms with Crippen molar-refractivity contribution < 1.29 is 9.53 Å². The van der Waals surface area contributed by atoms with Gasteiger partial charge in [-0.15, -0.1) is 0 Å². The fraction of sp³-hybridized carbons (Fsp3) is 0.333. The summed E-state index contributed by atoms with van der Waals surface area (Å²) in [5, 5.41) is 11.4. The van der Waals surface area contributed by atoms with Crippen LogP contribution in [0.4, 0.5) is 5.95 Å². The average molecular weight is 274 g/mol. The van der Waals surface area contributed by atoms with Crippen molar-refractivity contribution in [3.8, 4) is 0 Å². The molecule has 2 aromatic heterocycles. The Balaban J connectivity index is 2.18. The molecule has 3 heterocycles. The van der Waals surface area contributed by atoms with Gasteiger partial charge in [0.25, 0.3) is 0 Å². The molecule has 1 aliphatic rings. The third kappa shape index (κ3) is 1.77. The number of allylic oxidation sites excluding steroid dienone is 1. The molecule has 1 N–H and O–H groups in total. The zero-order valence-corrected chi connectivity index (χ0v) is 11.4. The Labute approximate surface area is 115 Å². The van der Waals surface area contributed by atoms with Gasteiger partial charge in [-0.05, 0) is 6.92 Å². The molecular weight excluding hydrogens is 260 g/mol. The first-order valence-corrected chi connectivity index (χ1v) is 6.06. The molecule has 20 heavy (non-hydrogen) atoms. The highest BCUT2D eigenvalue weighted by Gasteiger charge is 2.34. The number of rotatable bonds is 2. The van der Waals surface area contributed by atoms with Gasteiger partial charge in [0.15, 0.2) is 0 Å². The summed E-state index contributed by atoms with van der Waals surface area (Å²) >= 11 is 0. The first-order chi connectivity index (χ1) is 9.61. The van der Waals surface area contributed by atoms with E-state index in [0.717, 1.165) is 5.56 Å². The quantitative estimate of drug-likeness (QED) is 0.801. The molecule has 8 heteroatoms. The number of hydrogen-bond acceptors (Lipinski definition) is 6. The Morgan fingerprint density at radius 3 is 2.90 bits per heavy atom. The lowest BCUT2D eigenvalue weighted by molar-refractivity contribution is -0.136. The summed E-state index contributed by atoms with van der Waals surface area (Å²) in [4.78, 5) is 16.2. The molecule has 0 spiro atoms. The molecule has 0 bridgehead atoms. The van der Waals surface area contributed by atoms with Gasteiger partial charge < -0.3 is 10.1 Å². The summed E-state index contributed by atoms with van der Waals surface area (Å²) in [5.74, 6) is 0.189. The number of esters is 1. The first-order valence-electron chi connectivity index (χ1n) is 6.06. The number of anilines is 1. The van der Waals surface area contributed by atoms with E-state index >= 15 is 0 Å². The fourth-order valence-corrected chi connectivity index (χ4v) is 2.35. The molecule has 0 fully saturated rings. The Bertz CT molecular complexity index is 698. The highest BCUT2D eigenvalue weighted by atomic mass is 16.5. The summed E-state index contributed by atoms with van der Waals surface area (Å²) in [5.41, 5.74) is 2.05. The van der Waals surface area contributed by atoms with Crippen LogP contribution in [0, 0.1) is 0 Å². The number of aryl methyl sites for hydroxylation is 1. The summed E-state index contributed by atoms with van der Waals surface area (Å²) in [6.45, 7) is 1.81. The van der Waals surface area contributed by atoms with Gasteiger partial charge in [-0.3, -0.25) is 4.68 Å². The number of ether oxygens (including phenoxy) is 1. The van der Waals surface area contributed by atoms with E-state index in [1.54, 1.807) is 15.6 Å². The zero-order valence-electron chi connectivity index (χ0n) is 11.4. The molecule has 0 radical (unpaired) electrons. The van der Waals surface area contributed by atoms with Gasteiger partial charge in [-0.2, -0.15) is 15.2 Å². The van der Waals surface area contributed by atoms with Crippen LogP contribution in [0.1, 0.15) is 18.5 Å². The Morgan fingerprint density at radius 2 is 2.25 bits per heavy atom. The van der Waals surface area contributed by atoms with Crippen molar-refractivity contribution in [2.45, 2.75) is 13.0 Å². The second-order valence-electron chi connectivity index (χ2n) is 4.53. The van der Waals surface area contributed by atoms with Crippen molar-refractivity contribution >= 4 is 11.9 Å². The van der Waals surface area contributed by atoms with Crippen LogP contribution in [0.5, 0.6) is 0 Å². The second kappa shape index (κ2) is 4.48. The third-order valence-corrected chi connectivity index (χ3v) is 3.24. The number of carbonyl (C=O) groups excluding carboxylic acids is 1. The highest BCUT2D eigenvalue weighted by Crippen LogP contribution is 2.34. The predicted molar refractivity (Wildman–Crippen MR) is 69.7 cm³/mol. The highest BCUT2D eigenvalue weighted by molar-refractivity contribution is 5.92. The second-order valence-corrected chi connectivity index (χ2v) is 4.53. The molecule has 0 amide bonds. The third-order valence-electron chi connectivity index (χ3n) is 3.24. The minimum absolute atomic E-state index is 0.394. The van der Waals surface area contributed by atoms with Gasteiger partial charge in [0.1, 0.15) is 12.4 Å². The van der Waals surface area contributed by atoms with E-state index in [9.17, 15) is 4.79 Å². The minimum atomic E-state index is -0.398. The molecular formula is C12H14N6O2. The van der Waals surface area contributed by atoms with E-state index < -0.39 is 12.0 Å². The van der Waals surface area contributed by atoms with Crippen molar-refractivity contribution in [3.63, 3.8) is 0 Å². The summed E-state index contributed by atoms with van der Waals surface area (Å²) in [6, 6.07) is -0.394. The Morgan fingerprint density at radius 1 is 1.45 bits per heavy atom. The maximum Gasteiger partial charge on any atom is 0.338 e. The minimum Gasteiger partial charge on any atom is -0.466 e. The molecule has 0 aromatic carbocycles. The van der Waals surface area contributed by atoms with E-state index in [-0.39, 0.29) is 0 Å². The van der Waals surface area contributed by atoms with E-state index in [0.29, 0.717) is 17.2 Å². The lowest BCUT2D eigenvalue weighted by Gasteiger charge is -2.26. The molecule has 3 rings (SSSR count). The monoisotopic (exact) mass is 274 g/mol. The van der Waals surface area contributed by atoms with Gasteiger partial charge in [0, 0.05) is 24.5 Å². The van der Waals surface area contributed by atoms with Crippen molar-refractivity contribution in [1.82, 2.24) is 24.5 Å². The Hall–Kier alpha value is -2.64. The average Bonchev–Trinajstić information content (AvgIpc) is 3.04. The van der Waals surface area contributed by atoms with Crippen molar-refractivity contribution in [3.05, 3.63) is 35.6 Å². The number of methoxy groups -OCH3 is 1. The fourth-order valence-electron chi connectivity index (χ4n) is 2.35. The van der Waals surface area contributed by atoms with E-state index in [4.69, 9.17) is 4.74 Å². The molecule has 2 aromatic rings. The SMILES string of the molecule is COC(=O)C1=C(C)Nc2ncnn2C1c1cnn(C)c1. The number of carbonyl (C=O) groups is 1. The largest absolute Gasteiger partial charge is 0.466 e. The lowest BCUT2D eigenvalue weighted by atomic mass is 9.98. The van der Waals surface area contributed by atoms with Crippen LogP contribution in [0.2, 0.25) is 0 Å². The van der Waals surface area contributed by atoms with Crippen molar-refractivity contribution in [2.24, 2.45) is 7.05 Å². The molecule has 1 aliphatic heterocycles. The molecule has 0 saturated heterocycles. The molecule has 0 aliphatic carbocycles. The number of aromatic nitrogens is 5. The lowest BCUT2D eigenvalue weighted by Crippen LogP contribution is -2.29. The predicted octanol–water partition coefficient (Wildman–Crippen LogP) is 0.473. The molecule has 0 saturated carbocycles. The van der Waals surface area contributed by atoms with Crippen LogP contribution in [0.3, 0.4) is 0 Å². The first kappa shape index (κ1) is 12.4. The van der Waals surface area contributed by atoms with Crippen LogP contribution in [-0.4, -0.2) is 37.6 Å². The van der Waals surface area contributed by atoms with Crippen LogP contribution in [-0.2, 0) is 16.6 Å². The number of hydrogen-bond donors (Lipinski definition) is 1. The number of nitrogens with zero attached hydrogens (tertiary/aromatic N) is 5. The normalized spacial score (nSPS) is 17.6. The standard InChI is InChI=1S/C12H14N6O2/c1-7-9(11(19)20-3)10(8-4-14-17(2)5-8)18-12(16-7)13-6-15-18/h4-6,10H,1-3H3,(H,13,15,16). The van der Waals surface area contributed by atoms with Gasteiger partial charge in [0.05, 0.1) is 18.9 Å². The van der Waals surface area contributed by atoms with Gasteiger partial charge in [0.2, 0.25) is 5.95 Å². The Kier molecular flexibility index (Phi) is 2.78.